The molecule has 2 aliphatic heterocycles. The lowest BCUT2D eigenvalue weighted by molar-refractivity contribution is 0.00873. The molecule has 1 N–H and O–H groups in total. The van der Waals surface area contributed by atoms with E-state index in [0.717, 1.165) is 38.6 Å². The van der Waals surface area contributed by atoms with Gasteiger partial charge in [0.2, 0.25) is 0 Å². The van der Waals surface area contributed by atoms with Crippen LogP contribution < -0.4 is 0 Å². The van der Waals surface area contributed by atoms with E-state index >= 15 is 0 Å². The Bertz CT molecular complexity index is 251. The van der Waals surface area contributed by atoms with Crippen LogP contribution in [0.3, 0.4) is 0 Å². The highest BCUT2D eigenvalue weighted by atomic mass is 32.2. The minimum atomic E-state index is -0.653. The Labute approximate surface area is 94.3 Å². The number of fused-ring (bicyclic) bond motifs is 2. The maximum Gasteiger partial charge on any atom is 0.0682 e. The minimum absolute atomic E-state index is 0.274. The van der Waals surface area contributed by atoms with E-state index in [1.165, 1.54) is 0 Å². The summed E-state index contributed by atoms with van der Waals surface area (Å²) in [4.78, 5) is 2.10. The third-order valence-corrected chi connectivity index (χ3v) is 5.83. The van der Waals surface area contributed by atoms with E-state index in [0.29, 0.717) is 0 Å². The molecule has 0 aliphatic carbocycles. The monoisotopic (exact) mass is 231 g/mol. The van der Waals surface area contributed by atoms with Crippen molar-refractivity contribution < 1.29 is 9.32 Å². The topological polar surface area (TPSA) is 40.5 Å². The first-order chi connectivity index (χ1) is 7.00. The molecule has 0 radical (unpaired) electrons. The van der Waals surface area contributed by atoms with Gasteiger partial charge in [0.05, 0.1) is 5.60 Å². The first-order valence-electron chi connectivity index (χ1n) is 5.77. The van der Waals surface area contributed by atoms with Crippen molar-refractivity contribution in [1.29, 1.82) is 0 Å². The lowest BCUT2D eigenvalue weighted by Crippen LogP contribution is -2.44. The number of nitrogens with zero attached hydrogens (tertiary/aromatic N) is 1. The molecule has 0 amide bonds. The highest BCUT2D eigenvalue weighted by Crippen LogP contribution is 2.42. The normalized spacial score (nSPS) is 44.9. The summed E-state index contributed by atoms with van der Waals surface area (Å²) in [6.45, 7) is 0.919. The molecule has 4 heteroatoms. The summed E-state index contributed by atoms with van der Waals surface area (Å²) >= 11 is 0. The molecule has 2 unspecified atom stereocenters. The van der Waals surface area contributed by atoms with Crippen molar-refractivity contribution in [2.24, 2.45) is 0 Å². The Morgan fingerprint density at radius 3 is 2.33 bits per heavy atom. The third-order valence-electron chi connectivity index (χ3n) is 3.71. The molecular formula is C11H21NO2S. The number of aliphatic hydroxyl groups is 1. The van der Waals surface area contributed by atoms with Crippen LogP contribution in [-0.4, -0.2) is 51.0 Å². The quantitative estimate of drug-likeness (QED) is 0.779. The highest BCUT2D eigenvalue weighted by molar-refractivity contribution is 7.86. The van der Waals surface area contributed by atoms with Crippen LogP contribution in [-0.2, 0) is 10.8 Å². The lowest BCUT2D eigenvalue weighted by atomic mass is 9.90. The van der Waals surface area contributed by atoms with Crippen LogP contribution in [0, 0.1) is 0 Å². The number of rotatable bonds is 3. The molecule has 2 saturated heterocycles. The molecule has 0 saturated carbocycles. The van der Waals surface area contributed by atoms with E-state index in [9.17, 15) is 9.32 Å². The molecule has 3 nitrogen and oxygen atoms in total. The Kier molecular flexibility index (Phi) is 3.20. The molecule has 2 atom stereocenters. The van der Waals surface area contributed by atoms with Gasteiger partial charge in [-0.05, 0) is 46.2 Å². The molecule has 0 aromatic carbocycles. The van der Waals surface area contributed by atoms with Crippen molar-refractivity contribution in [1.82, 2.24) is 4.90 Å². The van der Waals surface area contributed by atoms with Crippen LogP contribution in [0.1, 0.15) is 32.1 Å². The lowest BCUT2D eigenvalue weighted by Gasteiger charge is -2.36. The number of hydrogen-bond acceptors (Lipinski definition) is 3. The third kappa shape index (κ3) is 2.43. The maximum atomic E-state index is 11.8. The average Bonchev–Trinajstić information content (AvgIpc) is 2.39. The fraction of sp³-hybridized carbons (Fsp3) is 1.00. The molecular weight excluding hydrogens is 210 g/mol. The van der Waals surface area contributed by atoms with E-state index in [-0.39, 0.29) is 10.5 Å². The van der Waals surface area contributed by atoms with Crippen LogP contribution in [0.25, 0.3) is 0 Å². The predicted octanol–water partition coefficient (Wildman–Crippen LogP) is 0.743. The Morgan fingerprint density at radius 2 is 1.87 bits per heavy atom. The van der Waals surface area contributed by atoms with Crippen LogP contribution in [0.5, 0.6) is 0 Å². The van der Waals surface area contributed by atoms with Gasteiger partial charge < -0.3 is 10.0 Å². The van der Waals surface area contributed by atoms with Crippen molar-refractivity contribution in [3.63, 3.8) is 0 Å². The summed E-state index contributed by atoms with van der Waals surface area (Å²) in [6, 6.07) is 0. The maximum absolute atomic E-state index is 11.8. The first-order valence-corrected chi connectivity index (χ1v) is 7.04. The van der Waals surface area contributed by atoms with Crippen LogP contribution in [0.4, 0.5) is 0 Å². The fourth-order valence-electron chi connectivity index (χ4n) is 2.81. The summed E-state index contributed by atoms with van der Waals surface area (Å²) in [5, 5.41) is 11.0. The van der Waals surface area contributed by atoms with Gasteiger partial charge in [0.25, 0.3) is 0 Å². The van der Waals surface area contributed by atoms with E-state index in [1.54, 1.807) is 0 Å². The van der Waals surface area contributed by atoms with E-state index in [4.69, 9.17) is 0 Å². The summed E-state index contributed by atoms with van der Waals surface area (Å²) in [6.07, 6.45) is 4.45. The molecule has 2 heterocycles. The Hall–Kier alpha value is 0.0700. The summed E-state index contributed by atoms with van der Waals surface area (Å²) in [5.41, 5.74) is -0.538. The van der Waals surface area contributed by atoms with E-state index in [2.05, 4.69) is 4.90 Å². The van der Waals surface area contributed by atoms with Crippen molar-refractivity contribution >= 4 is 10.8 Å². The smallest absolute Gasteiger partial charge is 0.0682 e. The molecule has 2 rings (SSSR count). The molecule has 2 aliphatic rings. The van der Waals surface area contributed by atoms with Gasteiger partial charge in [-0.3, -0.25) is 4.21 Å². The van der Waals surface area contributed by atoms with Crippen LogP contribution in [0.15, 0.2) is 0 Å². The zero-order valence-electron chi connectivity index (χ0n) is 9.61. The second kappa shape index (κ2) is 4.15. The van der Waals surface area contributed by atoms with Crippen LogP contribution >= 0.6 is 0 Å². The first kappa shape index (κ1) is 11.6. The molecule has 2 bridgehead atoms. The summed E-state index contributed by atoms with van der Waals surface area (Å²) in [5.74, 6) is 0. The average molecular weight is 231 g/mol. The zero-order chi connectivity index (χ0) is 11.1. The second-order valence-corrected chi connectivity index (χ2v) is 7.33. The van der Waals surface area contributed by atoms with Gasteiger partial charge in [-0.25, -0.2) is 0 Å². The standard InChI is InChI=1S/C11H21NO2S/c1-12(2)6-5-11(13)7-9-3-4-10(8-11)15(9)14/h9-10,13H,3-8H2,1-2H3. The summed E-state index contributed by atoms with van der Waals surface area (Å²) in [7, 11) is 3.40. The number of hydrogen-bond donors (Lipinski definition) is 1. The second-order valence-electron chi connectivity index (χ2n) is 5.34. The molecule has 15 heavy (non-hydrogen) atoms. The van der Waals surface area contributed by atoms with Crippen molar-refractivity contribution in [2.75, 3.05) is 20.6 Å². The molecule has 0 aromatic heterocycles. The molecule has 88 valence electrons. The Morgan fingerprint density at radius 1 is 1.33 bits per heavy atom. The van der Waals surface area contributed by atoms with Crippen molar-refractivity contribution in [2.45, 2.75) is 48.2 Å². The van der Waals surface area contributed by atoms with Gasteiger partial charge in [-0.1, -0.05) is 0 Å². The largest absolute Gasteiger partial charge is 0.390 e. The molecule has 2 fully saturated rings. The van der Waals surface area contributed by atoms with Crippen molar-refractivity contribution in [3.05, 3.63) is 0 Å². The summed E-state index contributed by atoms with van der Waals surface area (Å²) < 4.78 is 11.8. The highest BCUT2D eigenvalue weighted by Gasteiger charge is 2.47. The van der Waals surface area contributed by atoms with Gasteiger partial charge in [0.1, 0.15) is 0 Å². The molecule has 0 spiro atoms. The van der Waals surface area contributed by atoms with Gasteiger partial charge >= 0.3 is 0 Å². The van der Waals surface area contributed by atoms with Crippen LogP contribution in [0.2, 0.25) is 0 Å². The fourth-order valence-corrected chi connectivity index (χ4v) is 5.04. The molecule has 0 aromatic rings. The van der Waals surface area contributed by atoms with Gasteiger partial charge in [0, 0.05) is 27.8 Å². The zero-order valence-corrected chi connectivity index (χ0v) is 10.4. The van der Waals surface area contributed by atoms with Gasteiger partial charge in [-0.2, -0.15) is 0 Å². The van der Waals surface area contributed by atoms with E-state index in [1.807, 2.05) is 14.1 Å². The minimum Gasteiger partial charge on any atom is -0.390 e. The SMILES string of the molecule is CN(C)CCC1(O)CC2CCC(C1)S2=O. The van der Waals surface area contributed by atoms with Gasteiger partial charge in [0.15, 0.2) is 0 Å². The Balaban J connectivity index is 1.97. The van der Waals surface area contributed by atoms with Gasteiger partial charge in [-0.15, -0.1) is 0 Å². The predicted molar refractivity (Wildman–Crippen MR) is 62.3 cm³/mol. The van der Waals surface area contributed by atoms with E-state index < -0.39 is 16.4 Å². The van der Waals surface area contributed by atoms with Crippen molar-refractivity contribution in [3.8, 4) is 0 Å².